The maximum absolute atomic E-state index is 6.50. The van der Waals surface area contributed by atoms with Crippen molar-refractivity contribution in [2.45, 2.75) is 51.5 Å². The minimum atomic E-state index is -2.19. The van der Waals surface area contributed by atoms with Crippen LogP contribution in [0.2, 0.25) is 12.1 Å². The smallest absolute Gasteiger partial charge is 0.343 e. The molecule has 2 rings (SSSR count). The molecule has 0 saturated carbocycles. The molecule has 2 heterocycles. The van der Waals surface area contributed by atoms with Crippen LogP contribution in [-0.4, -0.2) is 46.7 Å². The highest BCUT2D eigenvalue weighted by Gasteiger charge is 2.51. The second kappa shape index (κ2) is 5.21. The topological polar surface area (TPSA) is 36.9 Å². The van der Waals surface area contributed by atoms with Gasteiger partial charge in [-0.3, -0.25) is 0 Å². The highest BCUT2D eigenvalue weighted by Crippen LogP contribution is 2.39. The quantitative estimate of drug-likeness (QED) is 0.697. The molecule has 18 heavy (non-hydrogen) atoms. The maximum Gasteiger partial charge on any atom is 0.343 e. The van der Waals surface area contributed by atoms with Crippen LogP contribution in [-0.2, 0) is 18.3 Å². The molecule has 0 radical (unpaired) electrons. The summed E-state index contributed by atoms with van der Waals surface area (Å²) in [5.74, 6) is 0.487. The van der Waals surface area contributed by atoms with Crippen molar-refractivity contribution in [3.63, 3.8) is 0 Å². The molecule has 0 aromatic carbocycles. The normalized spacial score (nSPS) is 25.7. The van der Waals surface area contributed by atoms with Crippen LogP contribution in [0, 0.1) is 5.92 Å². The molecule has 106 valence electrons. The number of hydrogen-bond acceptors (Lipinski definition) is 4. The van der Waals surface area contributed by atoms with E-state index in [0.29, 0.717) is 11.5 Å². The van der Waals surface area contributed by atoms with Gasteiger partial charge in [0, 0.05) is 17.6 Å². The summed E-state index contributed by atoms with van der Waals surface area (Å²) in [5, 5.41) is 0. The highest BCUT2D eigenvalue weighted by molar-refractivity contribution is 6.68. The van der Waals surface area contributed by atoms with Gasteiger partial charge >= 0.3 is 8.56 Å². The van der Waals surface area contributed by atoms with Gasteiger partial charge < -0.3 is 18.3 Å². The van der Waals surface area contributed by atoms with Crippen LogP contribution in [0.25, 0.3) is 0 Å². The summed E-state index contributed by atoms with van der Waals surface area (Å²) in [6, 6.07) is 0. The fraction of sp³-hybridized carbons (Fsp3) is 1.00. The van der Waals surface area contributed by atoms with Crippen LogP contribution < -0.4 is 0 Å². The second-order valence-electron chi connectivity index (χ2n) is 6.36. The first-order valence-electron chi connectivity index (χ1n) is 6.87. The van der Waals surface area contributed by atoms with Crippen molar-refractivity contribution in [1.82, 2.24) is 0 Å². The second-order valence-corrected chi connectivity index (χ2v) is 9.65. The molecule has 2 aliphatic heterocycles. The van der Waals surface area contributed by atoms with E-state index < -0.39 is 8.56 Å². The van der Waals surface area contributed by atoms with Crippen LogP contribution >= 0.6 is 0 Å². The third-order valence-electron chi connectivity index (χ3n) is 3.94. The maximum atomic E-state index is 6.50. The fourth-order valence-corrected chi connectivity index (χ4v) is 5.85. The zero-order valence-electron chi connectivity index (χ0n) is 12.2. The van der Waals surface area contributed by atoms with Crippen molar-refractivity contribution in [3.05, 3.63) is 0 Å². The van der Waals surface area contributed by atoms with E-state index in [1.54, 1.807) is 0 Å². The van der Waals surface area contributed by atoms with E-state index in [2.05, 4.69) is 34.2 Å². The zero-order chi connectivity index (χ0) is 13.4. The summed E-state index contributed by atoms with van der Waals surface area (Å²) in [6.45, 7) is 13.8. The Bertz CT molecular complexity index is 287. The molecule has 0 aliphatic carbocycles. The van der Waals surface area contributed by atoms with Gasteiger partial charge in [-0.05, 0) is 34.2 Å². The summed E-state index contributed by atoms with van der Waals surface area (Å²) in [7, 11) is -2.19. The Balaban J connectivity index is 2.03. The Kier molecular flexibility index (Phi) is 4.19. The Morgan fingerprint density at radius 2 is 1.67 bits per heavy atom. The Labute approximate surface area is 111 Å². The van der Waals surface area contributed by atoms with E-state index in [0.717, 1.165) is 26.4 Å². The predicted molar refractivity (Wildman–Crippen MR) is 71.9 cm³/mol. The fourth-order valence-electron chi connectivity index (χ4n) is 2.45. The molecule has 0 spiro atoms. The molecular weight excluding hydrogens is 248 g/mol. The number of hydrogen-bond donors (Lipinski definition) is 0. The number of ether oxygens (including phenoxy) is 2. The van der Waals surface area contributed by atoms with E-state index in [9.17, 15) is 0 Å². The summed E-state index contributed by atoms with van der Waals surface area (Å²) < 4.78 is 23.3. The van der Waals surface area contributed by atoms with Gasteiger partial charge in [0.1, 0.15) is 0 Å². The molecule has 2 saturated heterocycles. The van der Waals surface area contributed by atoms with Crippen molar-refractivity contribution >= 4 is 8.56 Å². The van der Waals surface area contributed by atoms with Gasteiger partial charge in [-0.25, -0.2) is 0 Å². The van der Waals surface area contributed by atoms with E-state index >= 15 is 0 Å². The first-order chi connectivity index (χ1) is 8.33. The first kappa shape index (κ1) is 14.5. The van der Waals surface area contributed by atoms with E-state index in [1.165, 1.54) is 0 Å². The lowest BCUT2D eigenvalue weighted by Crippen LogP contribution is -2.59. The average Bonchev–Trinajstić information content (AvgIpc) is 1.88. The van der Waals surface area contributed by atoms with Crippen LogP contribution in [0.1, 0.15) is 27.7 Å². The van der Waals surface area contributed by atoms with Crippen LogP contribution in [0.5, 0.6) is 0 Å². The lowest BCUT2D eigenvalue weighted by molar-refractivity contribution is -0.135. The van der Waals surface area contributed by atoms with E-state index in [-0.39, 0.29) is 11.7 Å². The molecule has 1 unspecified atom stereocenters. The van der Waals surface area contributed by atoms with Crippen molar-refractivity contribution in [3.8, 4) is 0 Å². The first-order valence-corrected chi connectivity index (χ1v) is 9.26. The SMILES string of the molecule is CC(C)O[Si](C)(OC(C)(C)C1COC1)C1COC1. The molecule has 0 aromatic rings. The number of rotatable bonds is 6. The predicted octanol–water partition coefficient (Wildman–Crippen LogP) is 2.33. The van der Waals surface area contributed by atoms with E-state index in [4.69, 9.17) is 18.3 Å². The molecule has 0 aromatic heterocycles. The molecule has 0 bridgehead atoms. The van der Waals surface area contributed by atoms with Gasteiger partial charge in [0.05, 0.1) is 32.0 Å². The summed E-state index contributed by atoms with van der Waals surface area (Å²) in [4.78, 5) is 0. The molecule has 4 nitrogen and oxygen atoms in total. The zero-order valence-corrected chi connectivity index (χ0v) is 13.2. The monoisotopic (exact) mass is 274 g/mol. The lowest BCUT2D eigenvalue weighted by atomic mass is 9.90. The lowest BCUT2D eigenvalue weighted by Gasteiger charge is -2.48. The minimum absolute atomic E-state index is 0.163. The molecule has 2 aliphatic rings. The van der Waals surface area contributed by atoms with Crippen LogP contribution in [0.4, 0.5) is 0 Å². The summed E-state index contributed by atoms with van der Waals surface area (Å²) in [6.07, 6.45) is 0.204. The third-order valence-corrected chi connectivity index (χ3v) is 7.62. The molecule has 1 atom stereocenters. The molecule has 0 N–H and O–H groups in total. The minimum Gasteiger partial charge on any atom is -0.392 e. The van der Waals surface area contributed by atoms with Crippen molar-refractivity contribution in [2.24, 2.45) is 5.92 Å². The average molecular weight is 274 g/mol. The standard InChI is InChI=1S/C13H26O4Si/c1-10(2)16-18(5,12-8-15-9-12)17-13(3,4)11-6-14-7-11/h10-12H,6-9H2,1-5H3. The molecule has 2 fully saturated rings. The van der Waals surface area contributed by atoms with Crippen LogP contribution in [0.3, 0.4) is 0 Å². The highest BCUT2D eigenvalue weighted by atomic mass is 28.4. The van der Waals surface area contributed by atoms with Gasteiger partial charge in [0.2, 0.25) is 0 Å². The molecule has 5 heteroatoms. The van der Waals surface area contributed by atoms with Gasteiger partial charge in [-0.2, -0.15) is 0 Å². The van der Waals surface area contributed by atoms with Gasteiger partial charge in [-0.1, -0.05) is 0 Å². The van der Waals surface area contributed by atoms with Crippen molar-refractivity contribution in [2.75, 3.05) is 26.4 Å². The summed E-state index contributed by atoms with van der Waals surface area (Å²) >= 11 is 0. The Morgan fingerprint density at radius 1 is 1.11 bits per heavy atom. The third kappa shape index (κ3) is 2.96. The largest absolute Gasteiger partial charge is 0.392 e. The summed E-state index contributed by atoms with van der Waals surface area (Å²) in [5.41, 5.74) is 0.295. The van der Waals surface area contributed by atoms with Gasteiger partial charge in [-0.15, -0.1) is 0 Å². The Hall–Kier alpha value is 0.0569. The molecule has 0 amide bonds. The Morgan fingerprint density at radius 3 is 2.00 bits per heavy atom. The van der Waals surface area contributed by atoms with Crippen LogP contribution in [0.15, 0.2) is 0 Å². The van der Waals surface area contributed by atoms with Gasteiger partial charge in [0.15, 0.2) is 0 Å². The van der Waals surface area contributed by atoms with Crippen molar-refractivity contribution < 1.29 is 18.3 Å². The van der Waals surface area contributed by atoms with Crippen molar-refractivity contribution in [1.29, 1.82) is 0 Å². The molecular formula is C13H26O4Si. The van der Waals surface area contributed by atoms with E-state index in [1.807, 2.05) is 0 Å². The van der Waals surface area contributed by atoms with Gasteiger partial charge in [0.25, 0.3) is 0 Å².